The summed E-state index contributed by atoms with van der Waals surface area (Å²) in [6.07, 6.45) is 0.372. The first-order chi connectivity index (χ1) is 14.0. The number of carbonyl (C=O) groups is 2. The minimum absolute atomic E-state index is 0.0979. The summed E-state index contributed by atoms with van der Waals surface area (Å²) in [6.45, 7) is 4.96. The highest BCUT2D eigenvalue weighted by atomic mass is 32.1. The van der Waals surface area contributed by atoms with E-state index < -0.39 is 11.9 Å². The summed E-state index contributed by atoms with van der Waals surface area (Å²) in [5, 5.41) is 1.07. The Balaban J connectivity index is 1.60. The van der Waals surface area contributed by atoms with Gasteiger partial charge in [0.1, 0.15) is 5.75 Å². The Morgan fingerprint density at radius 2 is 1.72 bits per heavy atom. The maximum atomic E-state index is 12.9. The van der Waals surface area contributed by atoms with Crippen LogP contribution < -0.4 is 10.2 Å². The third kappa shape index (κ3) is 5.00. The maximum absolute atomic E-state index is 12.9. The largest absolute Gasteiger partial charge is 0.481 e. The van der Waals surface area contributed by atoms with Gasteiger partial charge in [-0.1, -0.05) is 24.8 Å². The van der Waals surface area contributed by atoms with E-state index in [9.17, 15) is 14.4 Å². The molecule has 0 aliphatic heterocycles. The van der Waals surface area contributed by atoms with E-state index in [0.717, 1.165) is 9.40 Å². The van der Waals surface area contributed by atoms with Crippen LogP contribution in [0.4, 0.5) is 0 Å². The summed E-state index contributed by atoms with van der Waals surface area (Å²) < 4.78 is 17.2. The summed E-state index contributed by atoms with van der Waals surface area (Å²) in [5.41, 5.74) is 0.189. The predicted octanol–water partition coefficient (Wildman–Crippen LogP) is 3.85. The highest BCUT2D eigenvalue weighted by Gasteiger charge is 2.12. The molecule has 3 aromatic rings. The Labute approximate surface area is 171 Å². The van der Waals surface area contributed by atoms with Crippen LogP contribution in [0.15, 0.2) is 59.4 Å². The summed E-state index contributed by atoms with van der Waals surface area (Å²) >= 11 is 1.49. The van der Waals surface area contributed by atoms with Gasteiger partial charge in [-0.2, -0.15) is 0 Å². The van der Waals surface area contributed by atoms with Crippen molar-refractivity contribution in [1.29, 1.82) is 0 Å². The lowest BCUT2D eigenvalue weighted by Gasteiger charge is -2.10. The van der Waals surface area contributed by atoms with Gasteiger partial charge < -0.3 is 14.2 Å². The van der Waals surface area contributed by atoms with Gasteiger partial charge in [-0.15, -0.1) is 11.3 Å². The van der Waals surface area contributed by atoms with Gasteiger partial charge in [0.15, 0.2) is 12.0 Å². The van der Waals surface area contributed by atoms with E-state index in [1.54, 1.807) is 25.1 Å². The summed E-state index contributed by atoms with van der Waals surface area (Å²) in [6, 6.07) is 12.7. The van der Waals surface area contributed by atoms with Gasteiger partial charge in [0.05, 0.1) is 18.6 Å². The fraction of sp³-hybridized carbons (Fsp3) is 0.227. The van der Waals surface area contributed by atoms with Crippen molar-refractivity contribution in [2.24, 2.45) is 0 Å². The molecule has 0 radical (unpaired) electrons. The minimum Gasteiger partial charge on any atom is -0.481 e. The van der Waals surface area contributed by atoms with Gasteiger partial charge >= 0.3 is 11.9 Å². The fourth-order valence-corrected chi connectivity index (χ4v) is 3.74. The molecule has 0 N–H and O–H groups in total. The maximum Gasteiger partial charge on any atom is 0.344 e. The molecule has 6 nitrogen and oxygen atoms in total. The van der Waals surface area contributed by atoms with Crippen molar-refractivity contribution in [3.63, 3.8) is 0 Å². The molecule has 0 atom stereocenters. The molecule has 0 aliphatic carbocycles. The van der Waals surface area contributed by atoms with Gasteiger partial charge in [0, 0.05) is 26.8 Å². The number of benzene rings is 2. The number of esters is 2. The van der Waals surface area contributed by atoms with Gasteiger partial charge in [-0.3, -0.25) is 4.79 Å². The smallest absolute Gasteiger partial charge is 0.344 e. The second kappa shape index (κ2) is 9.34. The van der Waals surface area contributed by atoms with E-state index in [2.05, 4.69) is 6.58 Å². The number of ether oxygens (including phenoxy) is 3. The summed E-state index contributed by atoms with van der Waals surface area (Å²) in [4.78, 5) is 36.0. The highest BCUT2D eigenvalue weighted by Crippen LogP contribution is 2.30. The first kappa shape index (κ1) is 20.5. The molecule has 0 aliphatic rings. The van der Waals surface area contributed by atoms with E-state index in [1.165, 1.54) is 11.3 Å². The van der Waals surface area contributed by atoms with Crippen LogP contribution in [-0.4, -0.2) is 31.8 Å². The van der Waals surface area contributed by atoms with Crippen molar-refractivity contribution in [3.05, 3.63) is 64.8 Å². The lowest BCUT2D eigenvalue weighted by molar-refractivity contribution is -0.146. The van der Waals surface area contributed by atoms with Crippen molar-refractivity contribution in [3.8, 4) is 5.75 Å². The number of carbonyl (C=O) groups excluding carboxylic acids is 2. The standard InChI is InChI=1S/C22H20O6S/c1-14(2)22(25)27-12-6-11-26-19(23)13-28-16-8-5-10-18-20(16)21(24)15-7-3-4-9-17(15)29-18/h3-5,7-10H,1,6,11-13H2,2H3. The molecule has 7 heteroatoms. The molecule has 0 saturated carbocycles. The number of hydrogen-bond donors (Lipinski definition) is 0. The Hall–Kier alpha value is -3.19. The molecular weight excluding hydrogens is 392 g/mol. The Bertz CT molecular complexity index is 1130. The predicted molar refractivity (Wildman–Crippen MR) is 112 cm³/mol. The third-order valence-electron chi connectivity index (χ3n) is 4.05. The molecule has 0 spiro atoms. The van der Waals surface area contributed by atoms with Crippen LogP contribution in [0, 0.1) is 0 Å². The Kier molecular flexibility index (Phi) is 6.61. The summed E-state index contributed by atoms with van der Waals surface area (Å²) in [7, 11) is 0. The molecule has 150 valence electrons. The summed E-state index contributed by atoms with van der Waals surface area (Å²) in [5.74, 6) is -0.690. The van der Waals surface area contributed by atoms with E-state index in [1.807, 2.05) is 24.3 Å². The zero-order valence-electron chi connectivity index (χ0n) is 15.9. The lowest BCUT2D eigenvalue weighted by atomic mass is 10.1. The van der Waals surface area contributed by atoms with E-state index in [-0.39, 0.29) is 25.2 Å². The Morgan fingerprint density at radius 1 is 1.00 bits per heavy atom. The van der Waals surface area contributed by atoms with Crippen LogP contribution in [0.5, 0.6) is 5.75 Å². The minimum atomic E-state index is -0.565. The normalized spacial score (nSPS) is 10.7. The molecular formula is C22H20O6S. The average molecular weight is 412 g/mol. The van der Waals surface area contributed by atoms with Crippen LogP contribution >= 0.6 is 11.3 Å². The number of hydrogen-bond acceptors (Lipinski definition) is 7. The van der Waals surface area contributed by atoms with Crippen molar-refractivity contribution < 1.29 is 23.8 Å². The molecule has 0 bridgehead atoms. The molecule has 1 heterocycles. The van der Waals surface area contributed by atoms with Crippen molar-refractivity contribution in [2.45, 2.75) is 13.3 Å². The monoisotopic (exact) mass is 412 g/mol. The molecule has 0 amide bonds. The van der Waals surface area contributed by atoms with Crippen LogP contribution in [0.1, 0.15) is 13.3 Å². The van der Waals surface area contributed by atoms with E-state index in [4.69, 9.17) is 14.2 Å². The molecule has 1 aromatic heterocycles. The van der Waals surface area contributed by atoms with E-state index in [0.29, 0.717) is 28.5 Å². The van der Waals surface area contributed by atoms with Crippen molar-refractivity contribution in [1.82, 2.24) is 0 Å². The number of rotatable bonds is 8. The topological polar surface area (TPSA) is 78.9 Å². The second-order valence-corrected chi connectivity index (χ2v) is 7.42. The SMILES string of the molecule is C=C(C)C(=O)OCCCOC(=O)COc1cccc2sc3ccccc3c(=O)c12. The van der Waals surface area contributed by atoms with Crippen molar-refractivity contribution >= 4 is 43.4 Å². The second-order valence-electron chi connectivity index (χ2n) is 6.34. The average Bonchev–Trinajstić information content (AvgIpc) is 2.71. The first-order valence-corrected chi connectivity index (χ1v) is 9.84. The van der Waals surface area contributed by atoms with Crippen LogP contribution in [0.25, 0.3) is 20.2 Å². The van der Waals surface area contributed by atoms with Gasteiger partial charge in [0.25, 0.3) is 0 Å². The first-order valence-electron chi connectivity index (χ1n) is 9.03. The van der Waals surface area contributed by atoms with Gasteiger partial charge in [-0.25, -0.2) is 9.59 Å². The molecule has 2 aromatic carbocycles. The third-order valence-corrected chi connectivity index (χ3v) is 5.18. The molecule has 29 heavy (non-hydrogen) atoms. The van der Waals surface area contributed by atoms with Gasteiger partial charge in [-0.05, 0) is 31.2 Å². The fourth-order valence-electron chi connectivity index (χ4n) is 2.65. The molecule has 0 fully saturated rings. The number of fused-ring (bicyclic) bond motifs is 2. The zero-order chi connectivity index (χ0) is 20.8. The molecule has 0 saturated heterocycles. The van der Waals surface area contributed by atoms with E-state index >= 15 is 0 Å². The van der Waals surface area contributed by atoms with Gasteiger partial charge in [0.2, 0.25) is 0 Å². The highest BCUT2D eigenvalue weighted by molar-refractivity contribution is 7.24. The Morgan fingerprint density at radius 3 is 2.52 bits per heavy atom. The zero-order valence-corrected chi connectivity index (χ0v) is 16.8. The van der Waals surface area contributed by atoms with Crippen LogP contribution in [0.3, 0.4) is 0 Å². The lowest BCUT2D eigenvalue weighted by Crippen LogP contribution is -2.17. The molecule has 3 rings (SSSR count). The van der Waals surface area contributed by atoms with Crippen LogP contribution in [-0.2, 0) is 19.1 Å². The van der Waals surface area contributed by atoms with Crippen LogP contribution in [0.2, 0.25) is 0 Å². The quantitative estimate of drug-likeness (QED) is 0.242. The van der Waals surface area contributed by atoms with Crippen molar-refractivity contribution in [2.75, 3.05) is 19.8 Å². The molecule has 0 unspecified atom stereocenters.